The van der Waals surface area contributed by atoms with Crippen LogP contribution in [0.4, 0.5) is 0 Å². The first-order valence-corrected chi connectivity index (χ1v) is 5.27. The summed E-state index contributed by atoms with van der Waals surface area (Å²) < 4.78 is 0. The molecule has 4 heteroatoms. The lowest BCUT2D eigenvalue weighted by Gasteiger charge is -2.08. The van der Waals surface area contributed by atoms with E-state index in [-0.39, 0.29) is 0 Å². The standard InChI is InChI=1S/C12H10BClO2/c14-10-5-3-4-9(8-10)11-6-1-2-7-12(11)13(15)16/h1-8,15-16H. The SMILES string of the molecule is OB(O)c1ccccc1-c1cccc(Cl)c1. The molecule has 0 bridgehead atoms. The van der Waals surface area contributed by atoms with Crippen LogP contribution < -0.4 is 5.46 Å². The van der Waals surface area contributed by atoms with Crippen LogP contribution in [0.1, 0.15) is 0 Å². The molecule has 0 saturated carbocycles. The minimum absolute atomic E-state index is 0.477. The molecular weight excluding hydrogens is 222 g/mol. The van der Waals surface area contributed by atoms with E-state index in [1.165, 1.54) is 0 Å². The smallest absolute Gasteiger partial charge is 0.423 e. The highest BCUT2D eigenvalue weighted by atomic mass is 35.5. The third-order valence-corrected chi connectivity index (χ3v) is 2.61. The first-order valence-electron chi connectivity index (χ1n) is 4.89. The van der Waals surface area contributed by atoms with Crippen LogP contribution in [-0.2, 0) is 0 Å². The van der Waals surface area contributed by atoms with E-state index in [9.17, 15) is 10.0 Å². The van der Waals surface area contributed by atoms with Crippen molar-refractivity contribution >= 4 is 24.2 Å². The Hall–Kier alpha value is -1.29. The monoisotopic (exact) mass is 232 g/mol. The number of hydrogen-bond donors (Lipinski definition) is 2. The lowest BCUT2D eigenvalue weighted by atomic mass is 9.75. The second kappa shape index (κ2) is 4.70. The van der Waals surface area contributed by atoms with Gasteiger partial charge in [-0.2, -0.15) is 0 Å². The van der Waals surface area contributed by atoms with E-state index in [4.69, 9.17) is 11.6 Å². The zero-order valence-electron chi connectivity index (χ0n) is 8.47. The highest BCUT2D eigenvalue weighted by Crippen LogP contribution is 2.21. The molecule has 0 aliphatic carbocycles. The summed E-state index contributed by atoms with van der Waals surface area (Å²) in [6, 6.07) is 14.4. The number of benzene rings is 2. The van der Waals surface area contributed by atoms with E-state index >= 15 is 0 Å². The molecule has 16 heavy (non-hydrogen) atoms. The molecule has 0 atom stereocenters. The molecule has 0 saturated heterocycles. The summed E-state index contributed by atoms with van der Waals surface area (Å²) in [4.78, 5) is 0. The van der Waals surface area contributed by atoms with Gasteiger partial charge in [-0.15, -0.1) is 0 Å². The van der Waals surface area contributed by atoms with Crippen LogP contribution in [0, 0.1) is 0 Å². The van der Waals surface area contributed by atoms with Gasteiger partial charge >= 0.3 is 7.12 Å². The van der Waals surface area contributed by atoms with Crippen LogP contribution in [0.15, 0.2) is 48.5 Å². The second-order valence-electron chi connectivity index (χ2n) is 3.47. The van der Waals surface area contributed by atoms with Crippen LogP contribution in [0.3, 0.4) is 0 Å². The molecule has 2 aromatic carbocycles. The van der Waals surface area contributed by atoms with E-state index in [2.05, 4.69) is 0 Å². The maximum atomic E-state index is 9.26. The van der Waals surface area contributed by atoms with Crippen molar-refractivity contribution in [3.63, 3.8) is 0 Å². The Morgan fingerprint density at radius 2 is 1.69 bits per heavy atom. The highest BCUT2D eigenvalue weighted by Gasteiger charge is 2.15. The van der Waals surface area contributed by atoms with Crippen molar-refractivity contribution in [1.82, 2.24) is 0 Å². The van der Waals surface area contributed by atoms with Crippen molar-refractivity contribution in [3.8, 4) is 11.1 Å². The quantitative estimate of drug-likeness (QED) is 0.774. The van der Waals surface area contributed by atoms with E-state index < -0.39 is 7.12 Å². The first kappa shape index (κ1) is 11.2. The van der Waals surface area contributed by atoms with Gasteiger partial charge in [0.2, 0.25) is 0 Å². The van der Waals surface area contributed by atoms with Crippen molar-refractivity contribution in [2.24, 2.45) is 0 Å². The fraction of sp³-hybridized carbons (Fsp3) is 0. The fourth-order valence-electron chi connectivity index (χ4n) is 1.64. The summed E-state index contributed by atoms with van der Waals surface area (Å²) >= 11 is 5.90. The topological polar surface area (TPSA) is 40.5 Å². The third kappa shape index (κ3) is 2.27. The highest BCUT2D eigenvalue weighted by molar-refractivity contribution is 6.60. The Kier molecular flexibility index (Phi) is 3.29. The molecule has 0 fully saturated rings. The zero-order valence-corrected chi connectivity index (χ0v) is 9.22. The predicted octanol–water partition coefficient (Wildman–Crippen LogP) is 1.69. The van der Waals surface area contributed by atoms with E-state index in [1.807, 2.05) is 24.3 Å². The minimum Gasteiger partial charge on any atom is -0.423 e. The molecule has 80 valence electrons. The Morgan fingerprint density at radius 1 is 0.938 bits per heavy atom. The average molecular weight is 232 g/mol. The van der Waals surface area contributed by atoms with Crippen LogP contribution in [0.5, 0.6) is 0 Å². The molecule has 0 aromatic heterocycles. The molecule has 0 heterocycles. The molecule has 2 nitrogen and oxygen atoms in total. The molecule has 0 spiro atoms. The first-order chi connectivity index (χ1) is 7.68. The lowest BCUT2D eigenvalue weighted by Crippen LogP contribution is -2.31. The van der Waals surface area contributed by atoms with Gasteiger partial charge < -0.3 is 10.0 Å². The summed E-state index contributed by atoms with van der Waals surface area (Å²) in [5, 5.41) is 19.1. The van der Waals surface area contributed by atoms with Gasteiger partial charge in [0.15, 0.2) is 0 Å². The van der Waals surface area contributed by atoms with Gasteiger partial charge in [0, 0.05) is 5.02 Å². The normalized spacial score (nSPS) is 10.2. The van der Waals surface area contributed by atoms with Gasteiger partial charge in [0.1, 0.15) is 0 Å². The molecular formula is C12H10BClO2. The van der Waals surface area contributed by atoms with Crippen LogP contribution in [-0.4, -0.2) is 17.2 Å². The minimum atomic E-state index is -1.48. The van der Waals surface area contributed by atoms with Gasteiger partial charge in [-0.3, -0.25) is 0 Å². The summed E-state index contributed by atoms with van der Waals surface area (Å²) in [6.07, 6.45) is 0. The van der Waals surface area contributed by atoms with Gasteiger partial charge in [-0.25, -0.2) is 0 Å². The predicted molar refractivity (Wildman–Crippen MR) is 66.7 cm³/mol. The van der Waals surface area contributed by atoms with E-state index in [0.717, 1.165) is 11.1 Å². The van der Waals surface area contributed by atoms with Gasteiger partial charge in [-0.1, -0.05) is 48.0 Å². The number of halogens is 1. The summed E-state index contributed by atoms with van der Waals surface area (Å²) in [5.41, 5.74) is 2.13. The molecule has 0 radical (unpaired) electrons. The van der Waals surface area contributed by atoms with Gasteiger partial charge in [0.05, 0.1) is 0 Å². The second-order valence-corrected chi connectivity index (χ2v) is 3.91. The Balaban J connectivity index is 2.55. The summed E-state index contributed by atoms with van der Waals surface area (Å²) in [7, 11) is -1.48. The summed E-state index contributed by atoms with van der Waals surface area (Å²) in [5.74, 6) is 0. The Bertz CT molecular complexity index is 500. The third-order valence-electron chi connectivity index (χ3n) is 2.37. The number of rotatable bonds is 2. The number of hydrogen-bond acceptors (Lipinski definition) is 2. The van der Waals surface area contributed by atoms with E-state index in [1.54, 1.807) is 24.3 Å². The van der Waals surface area contributed by atoms with Crippen molar-refractivity contribution < 1.29 is 10.0 Å². The molecule has 0 amide bonds. The molecule has 0 unspecified atom stereocenters. The van der Waals surface area contributed by atoms with Crippen molar-refractivity contribution in [2.75, 3.05) is 0 Å². The van der Waals surface area contributed by atoms with Gasteiger partial charge in [-0.05, 0) is 28.7 Å². The molecule has 0 aliphatic heterocycles. The molecule has 2 aromatic rings. The maximum Gasteiger partial charge on any atom is 0.489 e. The van der Waals surface area contributed by atoms with Crippen LogP contribution >= 0.6 is 11.6 Å². The largest absolute Gasteiger partial charge is 0.489 e. The molecule has 0 aliphatic rings. The van der Waals surface area contributed by atoms with Crippen LogP contribution in [0.2, 0.25) is 5.02 Å². The summed E-state index contributed by atoms with van der Waals surface area (Å²) in [6.45, 7) is 0. The average Bonchev–Trinajstić information content (AvgIpc) is 2.29. The van der Waals surface area contributed by atoms with Crippen molar-refractivity contribution in [1.29, 1.82) is 0 Å². The van der Waals surface area contributed by atoms with E-state index in [0.29, 0.717) is 10.5 Å². The van der Waals surface area contributed by atoms with Crippen LogP contribution in [0.25, 0.3) is 11.1 Å². The fourth-order valence-corrected chi connectivity index (χ4v) is 1.83. The van der Waals surface area contributed by atoms with Gasteiger partial charge in [0.25, 0.3) is 0 Å². The molecule has 2 N–H and O–H groups in total. The maximum absolute atomic E-state index is 9.26. The zero-order chi connectivity index (χ0) is 11.5. The lowest BCUT2D eigenvalue weighted by molar-refractivity contribution is 0.426. The molecule has 2 rings (SSSR count). The Morgan fingerprint density at radius 3 is 2.38 bits per heavy atom. The Labute approximate surface area is 99.3 Å². The van der Waals surface area contributed by atoms with Crippen molar-refractivity contribution in [2.45, 2.75) is 0 Å². The van der Waals surface area contributed by atoms with Crippen molar-refractivity contribution in [3.05, 3.63) is 53.6 Å².